The number of benzene rings is 1. The lowest BCUT2D eigenvalue weighted by atomic mass is 10.3. The number of rotatable bonds is 8. The van der Waals surface area contributed by atoms with E-state index in [0.717, 1.165) is 5.56 Å². The highest BCUT2D eigenvalue weighted by Crippen LogP contribution is 2.13. The molecule has 2 rings (SSSR count). The molecule has 1 heterocycles. The van der Waals surface area contributed by atoms with E-state index in [2.05, 4.69) is 25.9 Å². The lowest BCUT2D eigenvalue weighted by Crippen LogP contribution is -2.42. The molecule has 158 valence electrons. The number of nitrogens with one attached hydrogen (secondary N) is 3. The van der Waals surface area contributed by atoms with Crippen LogP contribution in [0.15, 0.2) is 47.6 Å². The number of anilines is 1. The molecule has 9 heteroatoms. The van der Waals surface area contributed by atoms with Crippen molar-refractivity contribution in [2.45, 2.75) is 26.4 Å². The maximum absolute atomic E-state index is 13.2. The minimum absolute atomic E-state index is 0. The fourth-order valence-corrected chi connectivity index (χ4v) is 2.32. The van der Waals surface area contributed by atoms with Gasteiger partial charge in [0.05, 0.1) is 6.54 Å². The summed E-state index contributed by atoms with van der Waals surface area (Å²) in [6.45, 7) is 4.69. The number of amides is 1. The van der Waals surface area contributed by atoms with E-state index < -0.39 is 0 Å². The third-order valence-electron chi connectivity index (χ3n) is 3.74. The highest BCUT2D eigenvalue weighted by molar-refractivity contribution is 14.0. The molecule has 7 nitrogen and oxygen atoms in total. The SMILES string of the molecule is CN=C(NCCC(=O)Nc1ccc(C)cn1)NCC(C)Oc1cccc(F)c1.I. The number of aryl methyl sites for hydroxylation is 1. The Morgan fingerprint density at radius 1 is 1.28 bits per heavy atom. The van der Waals surface area contributed by atoms with Crippen molar-refractivity contribution in [1.82, 2.24) is 15.6 Å². The number of aliphatic imine (C=N–C) groups is 1. The number of guanidine groups is 1. The molecule has 29 heavy (non-hydrogen) atoms. The average molecular weight is 515 g/mol. The lowest BCUT2D eigenvalue weighted by molar-refractivity contribution is -0.116. The fourth-order valence-electron chi connectivity index (χ4n) is 2.32. The van der Waals surface area contributed by atoms with Gasteiger partial charge in [0.2, 0.25) is 5.91 Å². The molecule has 3 N–H and O–H groups in total. The van der Waals surface area contributed by atoms with Crippen molar-refractivity contribution in [2.24, 2.45) is 4.99 Å². The summed E-state index contributed by atoms with van der Waals surface area (Å²) in [5, 5.41) is 8.92. The normalized spacial score (nSPS) is 11.8. The predicted molar refractivity (Wildman–Crippen MR) is 123 cm³/mol. The van der Waals surface area contributed by atoms with Crippen LogP contribution in [0.2, 0.25) is 0 Å². The van der Waals surface area contributed by atoms with Gasteiger partial charge in [-0.05, 0) is 37.6 Å². The molecule has 1 aromatic heterocycles. The third-order valence-corrected chi connectivity index (χ3v) is 3.74. The second-order valence-electron chi connectivity index (χ2n) is 6.28. The number of hydrogen-bond acceptors (Lipinski definition) is 4. The van der Waals surface area contributed by atoms with Gasteiger partial charge in [0, 0.05) is 32.3 Å². The number of halogens is 2. The third kappa shape index (κ3) is 9.55. The molecule has 1 amide bonds. The van der Waals surface area contributed by atoms with E-state index in [1.54, 1.807) is 31.4 Å². The van der Waals surface area contributed by atoms with E-state index in [9.17, 15) is 9.18 Å². The van der Waals surface area contributed by atoms with E-state index in [1.807, 2.05) is 19.9 Å². The molecule has 0 aliphatic rings. The van der Waals surface area contributed by atoms with Crippen LogP contribution in [-0.2, 0) is 4.79 Å². The molecule has 0 bridgehead atoms. The Kier molecular flexibility index (Phi) is 11.0. The van der Waals surface area contributed by atoms with Gasteiger partial charge in [0.25, 0.3) is 0 Å². The summed E-state index contributed by atoms with van der Waals surface area (Å²) in [7, 11) is 1.64. The largest absolute Gasteiger partial charge is 0.489 e. The standard InChI is InChI=1S/C20H26FN5O2.HI/c1-14-7-8-18(24-12-14)26-19(27)9-10-23-20(22-3)25-13-15(2)28-17-6-4-5-16(21)11-17;/h4-8,11-12,15H,9-10,13H2,1-3H3,(H2,22,23,25)(H,24,26,27);1H. The van der Waals surface area contributed by atoms with Crippen LogP contribution < -0.4 is 20.7 Å². The number of nitrogens with zero attached hydrogens (tertiary/aromatic N) is 2. The first-order valence-electron chi connectivity index (χ1n) is 9.05. The molecular formula is C20H27FIN5O2. The molecular weight excluding hydrogens is 488 g/mol. The Bertz CT molecular complexity index is 802. The maximum Gasteiger partial charge on any atom is 0.227 e. The zero-order valence-electron chi connectivity index (χ0n) is 16.7. The molecule has 0 saturated heterocycles. The van der Waals surface area contributed by atoms with E-state index in [1.165, 1.54) is 12.1 Å². The maximum atomic E-state index is 13.2. The molecule has 0 aliphatic carbocycles. The molecule has 2 aromatic rings. The highest BCUT2D eigenvalue weighted by atomic mass is 127. The van der Waals surface area contributed by atoms with E-state index in [0.29, 0.717) is 30.6 Å². The van der Waals surface area contributed by atoms with Gasteiger partial charge in [0.1, 0.15) is 23.5 Å². The molecule has 0 aliphatic heterocycles. The van der Waals surface area contributed by atoms with Crippen LogP contribution in [0.25, 0.3) is 0 Å². The van der Waals surface area contributed by atoms with Gasteiger partial charge in [-0.3, -0.25) is 9.79 Å². The second-order valence-corrected chi connectivity index (χ2v) is 6.28. The van der Waals surface area contributed by atoms with Crippen molar-refractivity contribution in [3.8, 4) is 5.75 Å². The number of carbonyl (C=O) groups excluding carboxylic acids is 1. The van der Waals surface area contributed by atoms with Crippen molar-refractivity contribution in [3.05, 3.63) is 54.0 Å². The van der Waals surface area contributed by atoms with Crippen LogP contribution in [0.5, 0.6) is 5.75 Å². The van der Waals surface area contributed by atoms with Gasteiger partial charge >= 0.3 is 0 Å². The first kappa shape index (κ1) is 24.6. The van der Waals surface area contributed by atoms with Crippen LogP contribution in [0.1, 0.15) is 18.9 Å². The first-order chi connectivity index (χ1) is 13.5. The summed E-state index contributed by atoms with van der Waals surface area (Å²) in [4.78, 5) is 20.2. The summed E-state index contributed by atoms with van der Waals surface area (Å²) in [5.74, 6) is 1.08. The van der Waals surface area contributed by atoms with Gasteiger partial charge in [0.15, 0.2) is 5.96 Å². The summed E-state index contributed by atoms with van der Waals surface area (Å²) >= 11 is 0. The Hall–Kier alpha value is -2.43. The first-order valence-corrected chi connectivity index (χ1v) is 9.05. The summed E-state index contributed by atoms with van der Waals surface area (Å²) in [6.07, 6.45) is 1.77. The Morgan fingerprint density at radius 2 is 2.07 bits per heavy atom. The topological polar surface area (TPSA) is 87.6 Å². The Balaban J connectivity index is 0.00000420. The molecule has 1 unspecified atom stereocenters. The van der Waals surface area contributed by atoms with Gasteiger partial charge in [-0.1, -0.05) is 12.1 Å². The van der Waals surface area contributed by atoms with Crippen molar-refractivity contribution in [2.75, 3.05) is 25.5 Å². The van der Waals surface area contributed by atoms with Crippen LogP contribution in [0, 0.1) is 12.7 Å². The van der Waals surface area contributed by atoms with Crippen molar-refractivity contribution in [1.29, 1.82) is 0 Å². The highest BCUT2D eigenvalue weighted by Gasteiger charge is 2.08. The van der Waals surface area contributed by atoms with E-state index in [-0.39, 0.29) is 48.2 Å². The van der Waals surface area contributed by atoms with Crippen LogP contribution in [-0.4, -0.2) is 43.1 Å². The monoisotopic (exact) mass is 515 g/mol. The van der Waals surface area contributed by atoms with Crippen LogP contribution in [0.3, 0.4) is 0 Å². The Morgan fingerprint density at radius 3 is 2.72 bits per heavy atom. The quantitative estimate of drug-likeness (QED) is 0.286. The van der Waals surface area contributed by atoms with Gasteiger partial charge in [-0.15, -0.1) is 24.0 Å². The summed E-state index contributed by atoms with van der Waals surface area (Å²) < 4.78 is 18.8. The van der Waals surface area contributed by atoms with Crippen LogP contribution >= 0.6 is 24.0 Å². The smallest absolute Gasteiger partial charge is 0.227 e. The molecule has 0 radical (unpaired) electrons. The van der Waals surface area contributed by atoms with Crippen molar-refractivity contribution >= 4 is 41.7 Å². The fraction of sp³-hybridized carbons (Fsp3) is 0.350. The number of hydrogen-bond donors (Lipinski definition) is 3. The summed E-state index contributed by atoms with van der Waals surface area (Å²) in [6, 6.07) is 9.66. The molecule has 0 fully saturated rings. The molecule has 0 saturated carbocycles. The van der Waals surface area contributed by atoms with Crippen molar-refractivity contribution < 1.29 is 13.9 Å². The van der Waals surface area contributed by atoms with E-state index in [4.69, 9.17) is 4.74 Å². The van der Waals surface area contributed by atoms with Gasteiger partial charge < -0.3 is 20.7 Å². The average Bonchev–Trinajstić information content (AvgIpc) is 2.66. The zero-order valence-corrected chi connectivity index (χ0v) is 19.1. The number of aromatic nitrogens is 1. The summed E-state index contributed by atoms with van der Waals surface area (Å²) in [5.41, 5.74) is 1.03. The lowest BCUT2D eigenvalue weighted by Gasteiger charge is -2.17. The predicted octanol–water partition coefficient (Wildman–Crippen LogP) is 3.11. The van der Waals surface area contributed by atoms with Gasteiger partial charge in [-0.2, -0.15) is 0 Å². The molecule has 1 atom stereocenters. The number of carbonyl (C=O) groups is 1. The van der Waals surface area contributed by atoms with Gasteiger partial charge in [-0.25, -0.2) is 9.37 Å². The van der Waals surface area contributed by atoms with Crippen LogP contribution in [0.4, 0.5) is 10.2 Å². The number of ether oxygens (including phenoxy) is 1. The zero-order chi connectivity index (χ0) is 20.4. The minimum atomic E-state index is -0.339. The minimum Gasteiger partial charge on any atom is -0.489 e. The van der Waals surface area contributed by atoms with Crippen molar-refractivity contribution in [3.63, 3.8) is 0 Å². The number of pyridine rings is 1. The Labute approximate surface area is 187 Å². The van der Waals surface area contributed by atoms with E-state index >= 15 is 0 Å². The molecule has 1 aromatic carbocycles. The second kappa shape index (κ2) is 12.9. The molecule has 0 spiro atoms.